The summed E-state index contributed by atoms with van der Waals surface area (Å²) < 4.78 is 27.1. The van der Waals surface area contributed by atoms with Crippen LogP contribution in [0.5, 0.6) is 28.7 Å². The van der Waals surface area contributed by atoms with Crippen LogP contribution in [-0.2, 0) is 20.9 Å². The minimum atomic E-state index is -0.909. The first kappa shape index (κ1) is 30.9. The maximum atomic E-state index is 13.4. The summed E-state index contributed by atoms with van der Waals surface area (Å²) in [5.74, 6) is -0.516. The fourth-order valence-electron chi connectivity index (χ4n) is 5.46. The molecule has 1 unspecified atom stereocenters. The molecular weight excluding hydrogens is 582 g/mol. The van der Waals surface area contributed by atoms with Crippen molar-refractivity contribution in [2.24, 2.45) is 0 Å². The molecule has 2 heterocycles. The van der Waals surface area contributed by atoms with Crippen molar-refractivity contribution < 1.29 is 42.9 Å². The topological polar surface area (TPSA) is 147 Å². The van der Waals surface area contributed by atoms with E-state index in [-0.39, 0.29) is 36.8 Å². The van der Waals surface area contributed by atoms with Gasteiger partial charge in [-0.15, -0.1) is 0 Å². The molecule has 234 valence electrons. The number of amides is 3. The van der Waals surface area contributed by atoms with Crippen molar-refractivity contribution in [3.63, 3.8) is 0 Å². The van der Waals surface area contributed by atoms with Crippen molar-refractivity contribution >= 4 is 41.5 Å². The second-order valence-electron chi connectivity index (χ2n) is 10.4. The molecule has 1 saturated heterocycles. The normalized spacial score (nSPS) is 16.2. The number of anilines is 1. The molecular formula is C33H33N3O9. The zero-order valence-electron chi connectivity index (χ0n) is 25.3. The smallest absolute Gasteiger partial charge is 0.331 e. The Balaban J connectivity index is 1.30. The molecule has 3 aromatic carbocycles. The number of ether oxygens (including phenoxy) is 5. The van der Waals surface area contributed by atoms with E-state index in [1.807, 2.05) is 6.08 Å². The third-order valence-electron chi connectivity index (χ3n) is 7.75. The Bertz CT molecular complexity index is 1680. The van der Waals surface area contributed by atoms with Crippen LogP contribution in [0.15, 0.2) is 48.5 Å². The van der Waals surface area contributed by atoms with Gasteiger partial charge < -0.3 is 34.3 Å². The van der Waals surface area contributed by atoms with Gasteiger partial charge in [0, 0.05) is 29.8 Å². The minimum Gasteiger partial charge on any atom is -0.493 e. The number of methoxy groups -OCH3 is 4. The zero-order chi connectivity index (χ0) is 32.2. The van der Waals surface area contributed by atoms with Crippen LogP contribution < -0.4 is 29.4 Å². The van der Waals surface area contributed by atoms with E-state index in [1.165, 1.54) is 33.3 Å². The molecule has 3 aromatic rings. The lowest BCUT2D eigenvalue weighted by Gasteiger charge is -2.35. The van der Waals surface area contributed by atoms with E-state index >= 15 is 0 Å². The van der Waals surface area contributed by atoms with Gasteiger partial charge in [0.05, 0.1) is 28.4 Å². The second-order valence-corrected chi connectivity index (χ2v) is 10.4. The lowest BCUT2D eigenvalue weighted by molar-refractivity contribution is -0.157. The van der Waals surface area contributed by atoms with Crippen LogP contribution in [-0.4, -0.2) is 74.5 Å². The number of nitrogens with zero attached hydrogens (tertiary/aromatic N) is 2. The van der Waals surface area contributed by atoms with Gasteiger partial charge >= 0.3 is 5.97 Å². The average molecular weight is 616 g/mol. The predicted octanol–water partition coefficient (Wildman–Crippen LogP) is 3.55. The number of fused-ring (bicyclic) bond motifs is 1. The van der Waals surface area contributed by atoms with Crippen LogP contribution in [0.4, 0.5) is 5.69 Å². The van der Waals surface area contributed by atoms with Gasteiger partial charge in [-0.3, -0.25) is 19.3 Å². The molecule has 45 heavy (non-hydrogen) atoms. The Hall–Kier alpha value is -5.52. The van der Waals surface area contributed by atoms with Crippen molar-refractivity contribution in [1.29, 1.82) is 0 Å². The first-order valence-electron chi connectivity index (χ1n) is 14.1. The van der Waals surface area contributed by atoms with Gasteiger partial charge in [-0.05, 0) is 53.9 Å². The van der Waals surface area contributed by atoms with Gasteiger partial charge in [-0.1, -0.05) is 24.3 Å². The molecule has 3 amide bonds. The van der Waals surface area contributed by atoms with Crippen molar-refractivity contribution in [1.82, 2.24) is 9.80 Å². The van der Waals surface area contributed by atoms with E-state index < -0.39 is 30.4 Å². The highest BCUT2D eigenvalue weighted by atomic mass is 16.6. The molecule has 1 fully saturated rings. The lowest BCUT2D eigenvalue weighted by Crippen LogP contribution is -2.56. The molecule has 0 bridgehead atoms. The van der Waals surface area contributed by atoms with Gasteiger partial charge in [0.2, 0.25) is 11.7 Å². The number of nitrogens with two attached hydrogens (primary N) is 1. The van der Waals surface area contributed by atoms with Gasteiger partial charge in [0.1, 0.15) is 12.6 Å². The van der Waals surface area contributed by atoms with Gasteiger partial charge in [0.25, 0.3) is 11.8 Å². The Kier molecular flexibility index (Phi) is 8.93. The third kappa shape index (κ3) is 6.12. The molecule has 2 N–H and O–H groups in total. The molecule has 0 saturated carbocycles. The number of hydrogen-bond acceptors (Lipinski definition) is 10. The summed E-state index contributed by atoms with van der Waals surface area (Å²) in [5.41, 5.74) is 9.01. The quantitative estimate of drug-likeness (QED) is 0.118. The maximum Gasteiger partial charge on any atom is 0.331 e. The lowest BCUT2D eigenvalue weighted by atomic mass is 10.0. The summed E-state index contributed by atoms with van der Waals surface area (Å²) in [5, 5.41) is 0. The van der Waals surface area contributed by atoms with Crippen LogP contribution in [0, 0.1) is 0 Å². The summed E-state index contributed by atoms with van der Waals surface area (Å²) in [6, 6.07) is 12.7. The van der Waals surface area contributed by atoms with Crippen molar-refractivity contribution in [2.75, 3.05) is 40.7 Å². The number of nitrogen functional groups attached to an aromatic ring is 1. The number of benzene rings is 3. The number of hydrogen-bond donors (Lipinski definition) is 1. The van der Waals surface area contributed by atoms with Gasteiger partial charge in [-0.2, -0.15) is 0 Å². The Morgan fingerprint density at radius 1 is 0.867 bits per heavy atom. The molecule has 0 spiro atoms. The molecule has 12 nitrogen and oxygen atoms in total. The van der Waals surface area contributed by atoms with Crippen LogP contribution >= 0.6 is 0 Å². The molecule has 12 heteroatoms. The summed E-state index contributed by atoms with van der Waals surface area (Å²) in [4.78, 5) is 54.6. The van der Waals surface area contributed by atoms with E-state index in [4.69, 9.17) is 29.4 Å². The number of esters is 1. The van der Waals surface area contributed by atoms with Gasteiger partial charge in [0.15, 0.2) is 23.0 Å². The number of carbonyl (C=O) groups is 4. The van der Waals surface area contributed by atoms with E-state index in [0.29, 0.717) is 39.6 Å². The van der Waals surface area contributed by atoms with E-state index in [1.54, 1.807) is 54.6 Å². The first-order valence-corrected chi connectivity index (χ1v) is 14.1. The van der Waals surface area contributed by atoms with E-state index in [0.717, 1.165) is 10.5 Å². The predicted molar refractivity (Wildman–Crippen MR) is 164 cm³/mol. The van der Waals surface area contributed by atoms with Crippen LogP contribution in [0.1, 0.15) is 39.9 Å². The molecule has 1 atom stereocenters. The minimum absolute atomic E-state index is 0.0101. The van der Waals surface area contributed by atoms with Crippen molar-refractivity contribution in [3.05, 3.63) is 70.8 Å². The summed E-state index contributed by atoms with van der Waals surface area (Å²) in [7, 11) is 6.01. The molecule has 0 radical (unpaired) electrons. The highest BCUT2D eigenvalue weighted by Crippen LogP contribution is 2.39. The third-order valence-corrected chi connectivity index (χ3v) is 7.75. The number of imide groups is 1. The number of piperidine rings is 1. The van der Waals surface area contributed by atoms with Crippen LogP contribution in [0.3, 0.4) is 0 Å². The van der Waals surface area contributed by atoms with Crippen LogP contribution in [0.25, 0.3) is 12.2 Å². The molecule has 2 aliphatic rings. The zero-order valence-corrected chi connectivity index (χ0v) is 25.3. The van der Waals surface area contributed by atoms with E-state index in [2.05, 4.69) is 0 Å². The van der Waals surface area contributed by atoms with Gasteiger partial charge in [-0.25, -0.2) is 4.79 Å². The Labute approximate surface area is 259 Å². The first-order chi connectivity index (χ1) is 21.7. The molecule has 5 rings (SSSR count). The Morgan fingerprint density at radius 2 is 1.53 bits per heavy atom. The maximum absolute atomic E-state index is 13.4. The summed E-state index contributed by atoms with van der Waals surface area (Å²) in [6.45, 7) is -0.475. The molecule has 0 aromatic heterocycles. The fraction of sp³-hybridized carbons (Fsp3) is 0.273. The number of carbonyl (C=O) groups excluding carboxylic acids is 4. The standard InChI is InChI=1S/C33H33N3O9/c1-41-25-12-10-19(8-9-20-15-27(42-2)31(44-4)28(16-20)43-3)14-26(25)45-30(38)18-36-29(37)13-11-24(33(36)40)35-17-22-21(32(35)39)6-5-7-23(22)34/h5-10,12,14-16,24H,11,13,17-18,34H2,1-4H3/b9-8-. The monoisotopic (exact) mass is 615 g/mol. The summed E-state index contributed by atoms with van der Waals surface area (Å²) in [6.07, 6.45) is 3.74. The summed E-state index contributed by atoms with van der Waals surface area (Å²) >= 11 is 0. The van der Waals surface area contributed by atoms with Crippen molar-refractivity contribution in [3.8, 4) is 28.7 Å². The number of likely N-dealkylation sites (tertiary alicyclic amines) is 1. The molecule has 0 aliphatic carbocycles. The number of rotatable bonds is 10. The average Bonchev–Trinajstić information content (AvgIpc) is 3.38. The molecule has 2 aliphatic heterocycles. The second kappa shape index (κ2) is 13.0. The highest BCUT2D eigenvalue weighted by molar-refractivity contribution is 6.07. The largest absolute Gasteiger partial charge is 0.493 e. The van der Waals surface area contributed by atoms with Crippen molar-refractivity contribution in [2.45, 2.75) is 25.4 Å². The van der Waals surface area contributed by atoms with E-state index in [9.17, 15) is 19.2 Å². The Morgan fingerprint density at radius 3 is 2.18 bits per heavy atom. The fourth-order valence-corrected chi connectivity index (χ4v) is 5.46. The SMILES string of the molecule is COc1ccc(/C=C\c2cc(OC)c(OC)c(OC)c2)cc1OC(=O)CN1C(=O)CCC(N2Cc3c(N)cccc3C2=O)C1=O. The highest BCUT2D eigenvalue weighted by Gasteiger charge is 2.43. The van der Waals surface area contributed by atoms with Crippen LogP contribution in [0.2, 0.25) is 0 Å².